The van der Waals surface area contributed by atoms with Crippen LogP contribution in [0.2, 0.25) is 0 Å². The molecule has 1 aliphatic heterocycles. The molecule has 1 aromatic heterocycles. The van der Waals surface area contributed by atoms with Gasteiger partial charge in [-0.2, -0.15) is 0 Å². The van der Waals surface area contributed by atoms with Crippen molar-refractivity contribution in [3.63, 3.8) is 0 Å². The predicted molar refractivity (Wildman–Crippen MR) is 132 cm³/mol. The Kier molecular flexibility index (Phi) is 5.64. The Labute approximate surface area is 202 Å². The summed E-state index contributed by atoms with van der Waals surface area (Å²) >= 11 is 0. The lowest BCUT2D eigenvalue weighted by Crippen LogP contribution is -2.34. The summed E-state index contributed by atoms with van der Waals surface area (Å²) in [4.78, 5) is 33.5. The zero-order valence-corrected chi connectivity index (χ0v) is 19.9. The standard InChI is InChI=1S/C27H25N3O5/c1-16-5-11-22-21(13-16)27(32)30(19-7-9-20(33-4)10-8-19)25(28-22)17(2)29(3)26(31)18-6-12-23-24(14-18)35-15-34-23/h5-14,17H,15H2,1-4H3. The number of ether oxygens (including phenoxy) is 3. The molecule has 0 N–H and O–H groups in total. The van der Waals surface area contributed by atoms with Crippen molar-refractivity contribution in [3.8, 4) is 22.9 Å². The van der Waals surface area contributed by atoms with E-state index in [1.54, 1.807) is 66.1 Å². The second-order valence-electron chi connectivity index (χ2n) is 8.49. The molecule has 0 aliphatic carbocycles. The van der Waals surface area contributed by atoms with Gasteiger partial charge in [0.25, 0.3) is 11.5 Å². The van der Waals surface area contributed by atoms with Crippen LogP contribution >= 0.6 is 0 Å². The number of rotatable bonds is 5. The van der Waals surface area contributed by atoms with Gasteiger partial charge in [-0.15, -0.1) is 0 Å². The minimum absolute atomic E-state index is 0.133. The first-order chi connectivity index (χ1) is 16.9. The molecule has 5 rings (SSSR count). The summed E-state index contributed by atoms with van der Waals surface area (Å²) in [6.45, 7) is 3.92. The van der Waals surface area contributed by atoms with E-state index in [1.807, 2.05) is 32.0 Å². The van der Waals surface area contributed by atoms with Crippen LogP contribution in [0.1, 0.15) is 34.7 Å². The number of benzene rings is 3. The molecule has 0 radical (unpaired) electrons. The van der Waals surface area contributed by atoms with Crippen LogP contribution < -0.4 is 19.8 Å². The minimum atomic E-state index is -0.520. The maximum Gasteiger partial charge on any atom is 0.266 e. The third kappa shape index (κ3) is 3.97. The van der Waals surface area contributed by atoms with Crippen LogP contribution in [-0.4, -0.2) is 41.3 Å². The highest BCUT2D eigenvalue weighted by Gasteiger charge is 2.26. The molecule has 8 nitrogen and oxygen atoms in total. The van der Waals surface area contributed by atoms with Crippen molar-refractivity contribution in [3.05, 3.63) is 88.0 Å². The Bertz CT molecular complexity index is 1490. The number of carbonyl (C=O) groups excluding carboxylic acids is 1. The SMILES string of the molecule is COc1ccc(-n2c(C(C)N(C)C(=O)c3ccc4c(c3)OCO4)nc3ccc(C)cc3c2=O)cc1. The van der Waals surface area contributed by atoms with Crippen molar-refractivity contribution < 1.29 is 19.0 Å². The lowest BCUT2D eigenvalue weighted by Gasteiger charge is -2.27. The minimum Gasteiger partial charge on any atom is -0.497 e. The summed E-state index contributed by atoms with van der Waals surface area (Å²) in [6.07, 6.45) is 0. The van der Waals surface area contributed by atoms with Gasteiger partial charge in [-0.3, -0.25) is 14.2 Å². The number of nitrogens with zero attached hydrogens (tertiary/aromatic N) is 3. The van der Waals surface area contributed by atoms with E-state index in [2.05, 4.69) is 0 Å². The summed E-state index contributed by atoms with van der Waals surface area (Å²) < 4.78 is 17.6. The van der Waals surface area contributed by atoms with Crippen LogP contribution in [0.3, 0.4) is 0 Å². The molecule has 1 aliphatic rings. The molecule has 8 heteroatoms. The molecule has 35 heavy (non-hydrogen) atoms. The third-order valence-corrected chi connectivity index (χ3v) is 6.27. The molecule has 1 atom stereocenters. The number of amides is 1. The summed E-state index contributed by atoms with van der Waals surface area (Å²) in [5, 5.41) is 0.515. The predicted octanol–water partition coefficient (Wildman–Crippen LogP) is 4.26. The summed E-state index contributed by atoms with van der Waals surface area (Å²) in [7, 11) is 3.28. The number of fused-ring (bicyclic) bond motifs is 2. The van der Waals surface area contributed by atoms with Crippen molar-refractivity contribution in [1.29, 1.82) is 0 Å². The molecule has 1 amide bonds. The highest BCUT2D eigenvalue weighted by molar-refractivity contribution is 5.95. The number of hydrogen-bond acceptors (Lipinski definition) is 6. The Morgan fingerprint density at radius 3 is 2.54 bits per heavy atom. The molecular formula is C27H25N3O5. The first kappa shape index (κ1) is 22.5. The normalized spacial score (nSPS) is 13.0. The van der Waals surface area contributed by atoms with Gasteiger partial charge in [0, 0.05) is 12.6 Å². The number of aryl methyl sites for hydroxylation is 1. The Morgan fingerprint density at radius 1 is 1.06 bits per heavy atom. The maximum atomic E-state index is 13.7. The van der Waals surface area contributed by atoms with E-state index in [1.165, 1.54) is 0 Å². The fourth-order valence-electron chi connectivity index (χ4n) is 4.16. The lowest BCUT2D eigenvalue weighted by atomic mass is 10.1. The van der Waals surface area contributed by atoms with E-state index < -0.39 is 6.04 Å². The van der Waals surface area contributed by atoms with Gasteiger partial charge in [-0.1, -0.05) is 11.6 Å². The highest BCUT2D eigenvalue weighted by Crippen LogP contribution is 2.33. The number of methoxy groups -OCH3 is 1. The number of carbonyl (C=O) groups is 1. The van der Waals surface area contributed by atoms with Crippen LogP contribution in [0.25, 0.3) is 16.6 Å². The van der Waals surface area contributed by atoms with Crippen LogP contribution in [0.15, 0.2) is 65.5 Å². The van der Waals surface area contributed by atoms with E-state index in [0.29, 0.717) is 45.2 Å². The van der Waals surface area contributed by atoms with E-state index in [0.717, 1.165) is 5.56 Å². The number of hydrogen-bond donors (Lipinski definition) is 0. The smallest absolute Gasteiger partial charge is 0.266 e. The summed E-state index contributed by atoms with van der Waals surface area (Å²) in [5.74, 6) is 2.04. The topological polar surface area (TPSA) is 82.9 Å². The summed E-state index contributed by atoms with van der Waals surface area (Å²) in [6, 6.07) is 17.3. The van der Waals surface area contributed by atoms with Crippen LogP contribution in [0.5, 0.6) is 17.2 Å². The second kappa shape index (κ2) is 8.79. The van der Waals surface area contributed by atoms with Crippen LogP contribution in [-0.2, 0) is 0 Å². The third-order valence-electron chi connectivity index (χ3n) is 6.27. The molecule has 0 saturated carbocycles. The zero-order chi connectivity index (χ0) is 24.7. The molecule has 178 valence electrons. The molecule has 3 aromatic carbocycles. The van der Waals surface area contributed by atoms with Gasteiger partial charge in [0.2, 0.25) is 6.79 Å². The van der Waals surface area contributed by atoms with Crippen molar-refractivity contribution >= 4 is 16.8 Å². The van der Waals surface area contributed by atoms with Crippen molar-refractivity contribution in [2.24, 2.45) is 0 Å². The van der Waals surface area contributed by atoms with Crippen LogP contribution in [0, 0.1) is 6.92 Å². The Morgan fingerprint density at radius 2 is 1.80 bits per heavy atom. The van der Waals surface area contributed by atoms with Gasteiger partial charge >= 0.3 is 0 Å². The maximum absolute atomic E-state index is 13.7. The molecule has 4 aromatic rings. The molecule has 0 bridgehead atoms. The quantitative estimate of drug-likeness (QED) is 0.433. The van der Waals surface area contributed by atoms with E-state index >= 15 is 0 Å². The average Bonchev–Trinajstić information content (AvgIpc) is 3.36. The second-order valence-corrected chi connectivity index (χ2v) is 8.49. The van der Waals surface area contributed by atoms with E-state index in [9.17, 15) is 9.59 Å². The number of aromatic nitrogens is 2. The van der Waals surface area contributed by atoms with Gasteiger partial charge in [-0.05, 0) is 68.4 Å². The fourth-order valence-corrected chi connectivity index (χ4v) is 4.16. The van der Waals surface area contributed by atoms with Gasteiger partial charge in [-0.25, -0.2) is 4.98 Å². The largest absolute Gasteiger partial charge is 0.497 e. The summed E-state index contributed by atoms with van der Waals surface area (Å²) in [5.41, 5.74) is 2.44. The van der Waals surface area contributed by atoms with E-state index in [4.69, 9.17) is 19.2 Å². The van der Waals surface area contributed by atoms with Gasteiger partial charge in [0.1, 0.15) is 11.6 Å². The average molecular weight is 472 g/mol. The van der Waals surface area contributed by atoms with Gasteiger partial charge < -0.3 is 19.1 Å². The lowest BCUT2D eigenvalue weighted by molar-refractivity contribution is 0.0734. The monoisotopic (exact) mass is 471 g/mol. The van der Waals surface area contributed by atoms with Gasteiger partial charge in [0.05, 0.1) is 29.7 Å². The highest BCUT2D eigenvalue weighted by atomic mass is 16.7. The molecule has 2 heterocycles. The first-order valence-electron chi connectivity index (χ1n) is 11.2. The van der Waals surface area contributed by atoms with Crippen molar-refractivity contribution in [2.45, 2.75) is 19.9 Å². The molecule has 0 fully saturated rings. The van der Waals surface area contributed by atoms with E-state index in [-0.39, 0.29) is 18.3 Å². The Hall–Kier alpha value is -4.33. The Balaban J connectivity index is 1.61. The zero-order valence-electron chi connectivity index (χ0n) is 19.9. The molecule has 0 saturated heterocycles. The molecular weight excluding hydrogens is 446 g/mol. The van der Waals surface area contributed by atoms with Crippen LogP contribution in [0.4, 0.5) is 0 Å². The fraction of sp³-hybridized carbons (Fsp3) is 0.222. The first-order valence-corrected chi connectivity index (χ1v) is 11.2. The van der Waals surface area contributed by atoms with Crippen molar-refractivity contribution in [2.75, 3.05) is 21.0 Å². The molecule has 1 unspecified atom stereocenters. The van der Waals surface area contributed by atoms with Gasteiger partial charge in [0.15, 0.2) is 11.5 Å². The van der Waals surface area contributed by atoms with Crippen molar-refractivity contribution in [1.82, 2.24) is 14.5 Å². The molecule has 0 spiro atoms.